The van der Waals surface area contributed by atoms with Crippen LogP contribution < -0.4 is 0 Å². The van der Waals surface area contributed by atoms with Crippen molar-refractivity contribution in [3.8, 4) is 11.3 Å². The highest BCUT2D eigenvalue weighted by molar-refractivity contribution is 6.27. The Labute approximate surface area is 85.8 Å². The Kier molecular flexibility index (Phi) is 2.21. The average molecular weight is 205 g/mol. The lowest BCUT2D eigenvalue weighted by molar-refractivity contribution is 0.574. The molecule has 0 aliphatic carbocycles. The lowest BCUT2D eigenvalue weighted by Gasteiger charge is -1.95. The molecule has 14 heavy (non-hydrogen) atoms. The van der Waals surface area contributed by atoms with Crippen molar-refractivity contribution < 1.29 is 4.42 Å². The van der Waals surface area contributed by atoms with Crippen LogP contribution in [0.15, 0.2) is 34.9 Å². The van der Waals surface area contributed by atoms with Gasteiger partial charge in [-0.05, 0) is 17.7 Å². The molecule has 1 aromatic heterocycles. The van der Waals surface area contributed by atoms with Crippen molar-refractivity contribution in [1.82, 2.24) is 4.98 Å². The van der Waals surface area contributed by atoms with E-state index in [-0.39, 0.29) is 5.35 Å². The standard InChI is InChI=1S/C10H5ClN2O/c1-12-8-4-2-3-7(5-8)9-6-13-10(11)14-9/h2-6H. The van der Waals surface area contributed by atoms with E-state index < -0.39 is 0 Å². The first-order valence-electron chi connectivity index (χ1n) is 3.89. The third-order valence-electron chi connectivity index (χ3n) is 1.74. The molecule has 0 N–H and O–H groups in total. The second kappa shape index (κ2) is 3.52. The lowest BCUT2D eigenvalue weighted by atomic mass is 10.2. The van der Waals surface area contributed by atoms with Gasteiger partial charge in [0.15, 0.2) is 11.4 Å². The minimum atomic E-state index is 0.105. The second-order valence-electron chi connectivity index (χ2n) is 2.64. The third kappa shape index (κ3) is 1.61. The second-order valence-corrected chi connectivity index (χ2v) is 2.96. The summed E-state index contributed by atoms with van der Waals surface area (Å²) in [6.45, 7) is 6.86. The number of hydrogen-bond acceptors (Lipinski definition) is 2. The highest BCUT2D eigenvalue weighted by Gasteiger charge is 2.04. The van der Waals surface area contributed by atoms with Gasteiger partial charge in [-0.3, -0.25) is 0 Å². The molecule has 0 unspecified atom stereocenters. The van der Waals surface area contributed by atoms with E-state index in [1.807, 2.05) is 6.07 Å². The number of nitrogens with zero attached hydrogens (tertiary/aromatic N) is 2. The lowest BCUT2D eigenvalue weighted by Crippen LogP contribution is -1.71. The van der Waals surface area contributed by atoms with E-state index >= 15 is 0 Å². The molecule has 4 heteroatoms. The average Bonchev–Trinajstić information content (AvgIpc) is 2.65. The smallest absolute Gasteiger partial charge is 0.292 e. The summed E-state index contributed by atoms with van der Waals surface area (Å²) >= 11 is 5.55. The minimum Gasteiger partial charge on any atom is -0.428 e. The first-order chi connectivity index (χ1) is 6.79. The van der Waals surface area contributed by atoms with Gasteiger partial charge in [0.25, 0.3) is 5.35 Å². The Hall–Kier alpha value is -1.79. The highest BCUT2D eigenvalue weighted by atomic mass is 35.5. The number of rotatable bonds is 1. The molecular formula is C10H5ClN2O. The molecule has 0 spiro atoms. The van der Waals surface area contributed by atoms with Crippen molar-refractivity contribution >= 4 is 17.3 Å². The zero-order valence-electron chi connectivity index (χ0n) is 7.07. The van der Waals surface area contributed by atoms with E-state index in [9.17, 15) is 0 Å². The SMILES string of the molecule is [C-]#[N+]c1cccc(-c2cnc(Cl)o2)c1. The molecule has 0 aliphatic rings. The topological polar surface area (TPSA) is 30.4 Å². The van der Waals surface area contributed by atoms with Gasteiger partial charge in [-0.2, -0.15) is 0 Å². The molecule has 0 bridgehead atoms. The van der Waals surface area contributed by atoms with Crippen LogP contribution >= 0.6 is 11.6 Å². The van der Waals surface area contributed by atoms with Crippen molar-refractivity contribution in [3.63, 3.8) is 0 Å². The third-order valence-corrected chi connectivity index (χ3v) is 1.91. The van der Waals surface area contributed by atoms with Gasteiger partial charge in [0, 0.05) is 5.56 Å². The number of oxazole rings is 1. The van der Waals surface area contributed by atoms with Gasteiger partial charge in [0.2, 0.25) is 0 Å². The first kappa shape index (κ1) is 8.79. The minimum absolute atomic E-state index is 0.105. The number of halogens is 1. The maximum absolute atomic E-state index is 6.86. The molecule has 68 valence electrons. The Morgan fingerprint density at radius 1 is 1.43 bits per heavy atom. The van der Waals surface area contributed by atoms with Crippen LogP contribution in [0.5, 0.6) is 0 Å². The fourth-order valence-electron chi connectivity index (χ4n) is 1.11. The Bertz CT molecular complexity index is 499. The van der Waals surface area contributed by atoms with E-state index in [1.54, 1.807) is 18.2 Å². The number of hydrogen-bond donors (Lipinski definition) is 0. The van der Waals surface area contributed by atoms with E-state index in [0.717, 1.165) is 5.56 Å². The summed E-state index contributed by atoms with van der Waals surface area (Å²) in [5.41, 5.74) is 1.37. The van der Waals surface area contributed by atoms with Gasteiger partial charge >= 0.3 is 0 Å². The monoisotopic (exact) mass is 204 g/mol. The fourth-order valence-corrected chi connectivity index (χ4v) is 1.25. The van der Waals surface area contributed by atoms with Crippen LogP contribution in [0.2, 0.25) is 5.35 Å². The van der Waals surface area contributed by atoms with Crippen LogP contribution in [0.25, 0.3) is 16.2 Å². The number of benzene rings is 1. The maximum atomic E-state index is 6.86. The van der Waals surface area contributed by atoms with E-state index in [1.165, 1.54) is 6.20 Å². The molecule has 1 aromatic carbocycles. The molecule has 0 saturated heterocycles. The fraction of sp³-hybridized carbons (Fsp3) is 0. The Balaban J connectivity index is 2.47. The van der Waals surface area contributed by atoms with Crippen LogP contribution in [0.3, 0.4) is 0 Å². The van der Waals surface area contributed by atoms with Crippen molar-refractivity contribution in [2.45, 2.75) is 0 Å². The normalized spacial score (nSPS) is 9.71. The quantitative estimate of drug-likeness (QED) is 0.665. The zero-order chi connectivity index (χ0) is 9.97. The molecule has 2 aromatic rings. The molecule has 0 aliphatic heterocycles. The van der Waals surface area contributed by atoms with E-state index in [4.69, 9.17) is 22.6 Å². The van der Waals surface area contributed by atoms with Crippen LogP contribution in [-0.2, 0) is 0 Å². The van der Waals surface area contributed by atoms with E-state index in [2.05, 4.69) is 9.83 Å². The summed E-state index contributed by atoms with van der Waals surface area (Å²) < 4.78 is 5.12. The zero-order valence-corrected chi connectivity index (χ0v) is 7.82. The van der Waals surface area contributed by atoms with Gasteiger partial charge in [-0.15, -0.1) is 0 Å². The van der Waals surface area contributed by atoms with Crippen LogP contribution in [0, 0.1) is 6.57 Å². The summed E-state index contributed by atoms with van der Waals surface area (Å²) in [6.07, 6.45) is 1.53. The van der Waals surface area contributed by atoms with Gasteiger partial charge in [0.05, 0.1) is 12.8 Å². The molecule has 0 fully saturated rings. The number of aromatic nitrogens is 1. The first-order valence-corrected chi connectivity index (χ1v) is 4.26. The Morgan fingerprint density at radius 3 is 2.93 bits per heavy atom. The molecular weight excluding hydrogens is 200 g/mol. The molecule has 1 heterocycles. The van der Waals surface area contributed by atoms with Crippen molar-refractivity contribution in [1.29, 1.82) is 0 Å². The molecule has 0 radical (unpaired) electrons. The molecule has 0 atom stereocenters. The molecule has 0 amide bonds. The molecule has 2 rings (SSSR count). The molecule has 0 saturated carbocycles. The van der Waals surface area contributed by atoms with Gasteiger partial charge < -0.3 is 4.42 Å². The largest absolute Gasteiger partial charge is 0.428 e. The van der Waals surface area contributed by atoms with Crippen molar-refractivity contribution in [3.05, 3.63) is 47.2 Å². The van der Waals surface area contributed by atoms with E-state index in [0.29, 0.717) is 11.4 Å². The van der Waals surface area contributed by atoms with Crippen molar-refractivity contribution in [2.24, 2.45) is 0 Å². The molecule has 3 nitrogen and oxygen atoms in total. The summed E-state index contributed by atoms with van der Waals surface area (Å²) in [4.78, 5) is 7.09. The maximum Gasteiger partial charge on any atom is 0.292 e. The Morgan fingerprint density at radius 2 is 2.29 bits per heavy atom. The van der Waals surface area contributed by atoms with Gasteiger partial charge in [-0.25, -0.2) is 9.83 Å². The van der Waals surface area contributed by atoms with Crippen molar-refractivity contribution in [2.75, 3.05) is 0 Å². The van der Waals surface area contributed by atoms with Gasteiger partial charge in [-0.1, -0.05) is 18.2 Å². The summed E-state index contributed by atoms with van der Waals surface area (Å²) in [5, 5.41) is 0.105. The predicted molar refractivity (Wildman–Crippen MR) is 53.2 cm³/mol. The summed E-state index contributed by atoms with van der Waals surface area (Å²) in [6, 6.07) is 7.09. The summed E-state index contributed by atoms with van der Waals surface area (Å²) in [7, 11) is 0. The van der Waals surface area contributed by atoms with Gasteiger partial charge in [0.1, 0.15) is 0 Å². The highest BCUT2D eigenvalue weighted by Crippen LogP contribution is 2.25. The van der Waals surface area contributed by atoms with Crippen LogP contribution in [-0.4, -0.2) is 4.98 Å². The van der Waals surface area contributed by atoms with Crippen LogP contribution in [0.4, 0.5) is 5.69 Å². The predicted octanol–water partition coefficient (Wildman–Crippen LogP) is 3.55. The summed E-state index contributed by atoms with van der Waals surface area (Å²) in [5.74, 6) is 0.570. The van der Waals surface area contributed by atoms with Crippen LogP contribution in [0.1, 0.15) is 0 Å².